The van der Waals surface area contributed by atoms with Crippen LogP contribution in [0.25, 0.3) is 84.1 Å². The van der Waals surface area contributed by atoms with E-state index in [2.05, 4.69) is 212 Å². The molecule has 4 heterocycles. The minimum Gasteiger partial charge on any atom is -0.586 e. The van der Waals surface area contributed by atoms with Crippen molar-refractivity contribution in [2.24, 2.45) is 10.2 Å². The predicted molar refractivity (Wildman–Crippen MR) is 379 cm³/mol. The molecule has 0 fully saturated rings. The zero-order valence-electron chi connectivity index (χ0n) is 51.1. The Bertz CT molecular complexity index is 4530. The second-order valence-corrected chi connectivity index (χ2v) is 22.3. The van der Waals surface area contributed by atoms with E-state index in [0.717, 1.165) is 61.1 Å². The molecule has 4 radical (unpaired) electrons. The van der Waals surface area contributed by atoms with Crippen molar-refractivity contribution in [3.05, 3.63) is 390 Å². The molecule has 0 amide bonds. The molecule has 0 spiro atoms. The fourth-order valence-corrected chi connectivity index (χ4v) is 11.2. The van der Waals surface area contributed by atoms with Crippen LogP contribution in [-0.2, 0) is 85.3 Å². The van der Waals surface area contributed by atoms with E-state index < -0.39 is 0 Å². The van der Waals surface area contributed by atoms with Gasteiger partial charge in [-0.25, -0.2) is 5.10 Å². The van der Waals surface area contributed by atoms with Crippen LogP contribution in [0, 0.1) is 24.3 Å². The van der Waals surface area contributed by atoms with E-state index in [1.807, 2.05) is 176 Å². The van der Waals surface area contributed by atoms with Gasteiger partial charge in [-0.05, 0) is 68.4 Å². The Balaban J connectivity index is 0.000000162. The summed E-state index contributed by atoms with van der Waals surface area (Å²) < 4.78 is 5.75. The Morgan fingerprint density at radius 1 is 0.381 bits per heavy atom. The molecule has 3 aliphatic rings. The standard InChI is InChI=1S/C21H15NO.C20H15N3.C20H13N2O.C20H15N2S.CH4.4Ir/c1-3-7-16(8-4-1)17-11-13-19(14-12-17)21-15-20(22-23-21)18-9-5-2-6-10-18;1-3-7-15(8-4-1)16-11-13-18(14-12-16)20-21-19(22-23-20)17-9-5-2-6-10-17;2*1-3-7-15(8-4-1)16-11-13-18(14-12-16)20-22-21-19(23-20)17-9-5-2-6-10-17;;;;;/h1-9,11-15,20H;1-9,11-14,19H,(H,21,23);1-9,11-14H;1-9,11-14,20,22H;1H4;;;;/q2*-2;2*-1;;;;;. The normalized spacial score (nSPS) is 14.3. The summed E-state index contributed by atoms with van der Waals surface area (Å²) in [4.78, 5) is 5.52. The first-order valence-electron chi connectivity index (χ1n) is 30.1. The maximum Gasteiger partial charge on any atom is 0.237 e. The van der Waals surface area contributed by atoms with E-state index in [9.17, 15) is 0 Å². The number of hydrogen-bond donors (Lipinski definition) is 2. The van der Waals surface area contributed by atoms with Crippen LogP contribution in [0.4, 0.5) is 0 Å². The summed E-state index contributed by atoms with van der Waals surface area (Å²) in [6.45, 7) is 0. The number of amidine groups is 1. The van der Waals surface area contributed by atoms with Crippen LogP contribution in [0.3, 0.4) is 0 Å². The Morgan fingerprint density at radius 2 is 0.784 bits per heavy atom. The van der Waals surface area contributed by atoms with Crippen LogP contribution in [0.2, 0.25) is 0 Å². The first-order chi connectivity index (χ1) is 45.6. The molecule has 3 unspecified atom stereocenters. The van der Waals surface area contributed by atoms with Gasteiger partial charge < -0.3 is 36.0 Å². The topological polar surface area (TPSA) is 125 Å². The number of nitrogens with one attached hydrogen (secondary N) is 2. The van der Waals surface area contributed by atoms with Crippen molar-refractivity contribution in [3.63, 3.8) is 0 Å². The number of hydrogen-bond acceptors (Lipinski definition) is 9. The van der Waals surface area contributed by atoms with Crippen LogP contribution in [0.5, 0.6) is 0 Å². The largest absolute Gasteiger partial charge is 0.586 e. The number of benzene rings is 12. The maximum absolute atomic E-state index is 5.75. The third-order valence-electron chi connectivity index (χ3n) is 15.1. The molecule has 490 valence electrons. The van der Waals surface area contributed by atoms with Crippen LogP contribution in [0.15, 0.2) is 336 Å². The van der Waals surface area contributed by atoms with Gasteiger partial charge in [-0.15, -0.1) is 83.1 Å². The van der Waals surface area contributed by atoms with Gasteiger partial charge in [0.1, 0.15) is 17.0 Å². The molecule has 0 saturated carbocycles. The Labute approximate surface area is 626 Å². The third kappa shape index (κ3) is 19.6. The second-order valence-electron chi connectivity index (χ2n) is 21.2. The summed E-state index contributed by atoms with van der Waals surface area (Å²) in [5.74, 6) is 2.59. The Morgan fingerprint density at radius 3 is 1.26 bits per heavy atom. The van der Waals surface area contributed by atoms with E-state index >= 15 is 0 Å². The third-order valence-corrected chi connectivity index (χ3v) is 16.3. The van der Waals surface area contributed by atoms with Gasteiger partial charge in [0, 0.05) is 102 Å². The number of hydrazone groups is 1. The molecule has 13 aromatic rings. The quantitative estimate of drug-likeness (QED) is 0.117. The van der Waals surface area contributed by atoms with Gasteiger partial charge in [0.2, 0.25) is 5.89 Å². The van der Waals surface area contributed by atoms with Gasteiger partial charge in [-0.1, -0.05) is 231 Å². The molecular weight excluding hydrogens is 1930 g/mol. The van der Waals surface area contributed by atoms with Crippen LogP contribution in [-0.4, -0.2) is 21.1 Å². The second kappa shape index (κ2) is 37.5. The van der Waals surface area contributed by atoms with E-state index in [-0.39, 0.29) is 105 Å². The van der Waals surface area contributed by atoms with E-state index in [1.54, 1.807) is 11.8 Å². The van der Waals surface area contributed by atoms with Gasteiger partial charge in [0.25, 0.3) is 0 Å². The zero-order chi connectivity index (χ0) is 61.9. The monoisotopic (exact) mass is 1990 g/mol. The fourth-order valence-electron chi connectivity index (χ4n) is 10.2. The van der Waals surface area contributed by atoms with Gasteiger partial charge >= 0.3 is 0 Å². The summed E-state index contributed by atoms with van der Waals surface area (Å²) in [6, 6.07) is 119. The molecule has 10 nitrogen and oxygen atoms in total. The summed E-state index contributed by atoms with van der Waals surface area (Å²) in [5, 5.41) is 21.4. The Hall–Kier alpha value is -9.03. The molecule has 12 aromatic carbocycles. The smallest absolute Gasteiger partial charge is 0.237 e. The SMILES string of the molecule is C.[Ir].[Ir].[Ir].[Ir].[c-]1ccccc1-c1nnc(-c2ccc(-c3ccccc3)cc2)o1.[c-]1ccccc1C1=NNC(c2ccc(-c3ccccc3)cc2)S1.[c-]1ccccc1C1C=C(c2ccc(-c3ccccc3)cc2)O[N-]1.[c-]1ccccc1C1[N-]N=C(c2ccc(-c3ccccc3)cc2)N1. The summed E-state index contributed by atoms with van der Waals surface area (Å²) >= 11 is 1.73. The first kappa shape index (κ1) is 73.8. The van der Waals surface area contributed by atoms with Crippen molar-refractivity contribution in [2.45, 2.75) is 25.0 Å². The predicted octanol–water partition coefficient (Wildman–Crippen LogP) is 20.4. The summed E-state index contributed by atoms with van der Waals surface area (Å²) in [6.07, 6.45) is 1.88. The molecule has 3 atom stereocenters. The summed E-state index contributed by atoms with van der Waals surface area (Å²) in [5.41, 5.74) is 29.4. The van der Waals surface area contributed by atoms with Gasteiger partial charge in [-0.2, -0.15) is 76.9 Å². The molecule has 97 heavy (non-hydrogen) atoms. The molecular formula is C82H62Ir4N8O2S-6. The molecule has 0 bridgehead atoms. The Kier molecular flexibility index (Phi) is 28.5. The van der Waals surface area contributed by atoms with Crippen LogP contribution in [0.1, 0.15) is 58.4 Å². The number of thioether (sulfide) groups is 1. The van der Waals surface area contributed by atoms with Crippen molar-refractivity contribution in [1.29, 1.82) is 0 Å². The van der Waals surface area contributed by atoms with Crippen molar-refractivity contribution in [1.82, 2.24) is 20.9 Å². The van der Waals surface area contributed by atoms with E-state index in [4.69, 9.17) is 9.25 Å². The number of aromatic nitrogens is 2. The van der Waals surface area contributed by atoms with Crippen molar-refractivity contribution >= 4 is 28.4 Å². The van der Waals surface area contributed by atoms with Crippen molar-refractivity contribution in [2.75, 3.05) is 0 Å². The molecule has 16 rings (SSSR count). The average molecular weight is 1990 g/mol. The fraction of sp³-hybridized carbons (Fsp3) is 0.0488. The maximum atomic E-state index is 5.75. The molecule has 0 saturated heterocycles. The van der Waals surface area contributed by atoms with E-state index in [0.29, 0.717) is 11.8 Å². The van der Waals surface area contributed by atoms with Gasteiger partial charge in [0.15, 0.2) is 5.89 Å². The van der Waals surface area contributed by atoms with Crippen LogP contribution >= 0.6 is 11.8 Å². The van der Waals surface area contributed by atoms with Gasteiger partial charge in [-0.3, -0.25) is 0 Å². The molecule has 1 aromatic heterocycles. The zero-order valence-corrected chi connectivity index (χ0v) is 61.5. The first-order valence-corrected chi connectivity index (χ1v) is 31.0. The summed E-state index contributed by atoms with van der Waals surface area (Å²) in [7, 11) is 0. The molecule has 0 aliphatic carbocycles. The number of rotatable bonds is 12. The minimum absolute atomic E-state index is 0. The molecule has 3 aliphatic heterocycles. The molecule has 2 N–H and O–H groups in total. The van der Waals surface area contributed by atoms with Crippen LogP contribution < -0.4 is 10.7 Å². The van der Waals surface area contributed by atoms with Crippen molar-refractivity contribution in [3.8, 4) is 67.4 Å². The number of nitrogens with zero attached hydrogens (tertiary/aromatic N) is 6. The van der Waals surface area contributed by atoms with E-state index in [1.165, 1.54) is 44.5 Å². The minimum atomic E-state index is -0.153. The van der Waals surface area contributed by atoms with Crippen molar-refractivity contribution < 1.29 is 89.7 Å². The number of hydroxylamine groups is 1. The van der Waals surface area contributed by atoms with Gasteiger partial charge in [0.05, 0.1) is 0 Å². The molecule has 15 heteroatoms. The average Bonchev–Trinajstić information content (AvgIpc) is 1.80.